The Hall–Kier alpha value is -1.33. The Kier molecular flexibility index (Phi) is 3.11. The van der Waals surface area contributed by atoms with Crippen molar-refractivity contribution in [3.8, 4) is 11.4 Å². The molecular formula is C12H13Cl2N5. The summed E-state index contributed by atoms with van der Waals surface area (Å²) in [7, 11) is 0. The SMILES string of the molecule is CC1CC1Cn1nnnc1-c1cc(N)cc(Cl)c1Cl. The first-order valence-electron chi connectivity index (χ1n) is 6.07. The van der Waals surface area contributed by atoms with E-state index in [1.54, 1.807) is 16.8 Å². The van der Waals surface area contributed by atoms with Gasteiger partial charge < -0.3 is 5.73 Å². The molecule has 0 amide bonds. The van der Waals surface area contributed by atoms with Crippen molar-refractivity contribution in [3.63, 3.8) is 0 Å². The van der Waals surface area contributed by atoms with E-state index in [1.807, 2.05) is 0 Å². The van der Waals surface area contributed by atoms with Crippen LogP contribution in [0.25, 0.3) is 11.4 Å². The third-order valence-electron chi connectivity index (χ3n) is 3.51. The number of benzene rings is 1. The van der Waals surface area contributed by atoms with Crippen molar-refractivity contribution in [1.29, 1.82) is 0 Å². The van der Waals surface area contributed by atoms with Gasteiger partial charge in [-0.05, 0) is 40.8 Å². The molecule has 2 unspecified atom stereocenters. The fourth-order valence-corrected chi connectivity index (χ4v) is 2.59. The molecule has 7 heteroatoms. The van der Waals surface area contributed by atoms with E-state index >= 15 is 0 Å². The molecule has 1 saturated carbocycles. The fraction of sp³-hybridized carbons (Fsp3) is 0.417. The summed E-state index contributed by atoms with van der Waals surface area (Å²) in [6.07, 6.45) is 1.21. The van der Waals surface area contributed by atoms with E-state index < -0.39 is 0 Å². The van der Waals surface area contributed by atoms with Gasteiger partial charge in [0.25, 0.3) is 0 Å². The predicted molar refractivity (Wildman–Crippen MR) is 75.0 cm³/mol. The number of tetrazole rings is 1. The molecule has 0 aliphatic heterocycles. The van der Waals surface area contributed by atoms with Crippen LogP contribution >= 0.6 is 23.2 Å². The second-order valence-electron chi connectivity index (χ2n) is 5.02. The van der Waals surface area contributed by atoms with Crippen molar-refractivity contribution in [2.24, 2.45) is 11.8 Å². The first-order valence-corrected chi connectivity index (χ1v) is 6.83. The molecule has 1 heterocycles. The molecule has 1 fully saturated rings. The Morgan fingerprint density at radius 2 is 2.16 bits per heavy atom. The van der Waals surface area contributed by atoms with Gasteiger partial charge in [-0.2, -0.15) is 0 Å². The molecule has 2 N–H and O–H groups in total. The largest absolute Gasteiger partial charge is 0.399 e. The lowest BCUT2D eigenvalue weighted by molar-refractivity contribution is 0.528. The summed E-state index contributed by atoms with van der Waals surface area (Å²) in [6, 6.07) is 3.36. The summed E-state index contributed by atoms with van der Waals surface area (Å²) in [6.45, 7) is 3.02. The number of halogens is 2. The molecule has 1 aromatic heterocycles. The molecule has 0 spiro atoms. The maximum absolute atomic E-state index is 6.21. The van der Waals surface area contributed by atoms with E-state index in [1.165, 1.54) is 6.42 Å². The first kappa shape index (κ1) is 12.7. The zero-order chi connectivity index (χ0) is 13.6. The highest BCUT2D eigenvalue weighted by Gasteiger charge is 2.34. The van der Waals surface area contributed by atoms with Crippen molar-refractivity contribution in [2.75, 3.05) is 5.73 Å². The lowest BCUT2D eigenvalue weighted by atomic mass is 10.2. The number of hydrogen-bond donors (Lipinski definition) is 1. The smallest absolute Gasteiger partial charge is 0.183 e. The molecule has 0 radical (unpaired) electrons. The highest BCUT2D eigenvalue weighted by molar-refractivity contribution is 6.43. The number of nitrogens with zero attached hydrogens (tertiary/aromatic N) is 4. The molecule has 2 atom stereocenters. The van der Waals surface area contributed by atoms with E-state index in [0.29, 0.717) is 33.0 Å². The van der Waals surface area contributed by atoms with Gasteiger partial charge in [-0.3, -0.25) is 0 Å². The van der Waals surface area contributed by atoms with Crippen molar-refractivity contribution in [1.82, 2.24) is 20.2 Å². The second-order valence-corrected chi connectivity index (χ2v) is 5.81. The van der Waals surface area contributed by atoms with E-state index in [4.69, 9.17) is 28.9 Å². The molecule has 1 aliphatic rings. The van der Waals surface area contributed by atoms with Crippen LogP contribution in [0, 0.1) is 11.8 Å². The molecule has 19 heavy (non-hydrogen) atoms. The summed E-state index contributed by atoms with van der Waals surface area (Å²) < 4.78 is 1.77. The van der Waals surface area contributed by atoms with Crippen molar-refractivity contribution < 1.29 is 0 Å². The van der Waals surface area contributed by atoms with E-state index in [0.717, 1.165) is 12.5 Å². The average Bonchev–Trinajstić information content (AvgIpc) is 2.87. The number of aromatic nitrogens is 4. The second kappa shape index (κ2) is 4.65. The molecule has 1 aromatic carbocycles. The van der Waals surface area contributed by atoms with Crippen LogP contribution in [-0.2, 0) is 6.54 Å². The van der Waals surface area contributed by atoms with Crippen LogP contribution in [0.15, 0.2) is 12.1 Å². The van der Waals surface area contributed by atoms with Crippen LogP contribution in [-0.4, -0.2) is 20.2 Å². The van der Waals surface area contributed by atoms with Gasteiger partial charge in [0.05, 0.1) is 10.0 Å². The Morgan fingerprint density at radius 3 is 2.84 bits per heavy atom. The molecule has 100 valence electrons. The summed E-state index contributed by atoms with van der Waals surface area (Å²) in [5.74, 6) is 1.98. The van der Waals surface area contributed by atoms with Gasteiger partial charge in [0.15, 0.2) is 5.82 Å². The molecule has 3 rings (SSSR count). The van der Waals surface area contributed by atoms with Gasteiger partial charge in [0.2, 0.25) is 0 Å². The summed E-state index contributed by atoms with van der Waals surface area (Å²) in [5.41, 5.74) is 7.01. The third kappa shape index (κ3) is 2.40. The zero-order valence-corrected chi connectivity index (χ0v) is 11.9. The molecule has 2 aromatic rings. The van der Waals surface area contributed by atoms with Crippen LogP contribution in [0.5, 0.6) is 0 Å². The first-order chi connectivity index (χ1) is 9.06. The Balaban J connectivity index is 2.00. The number of hydrogen-bond acceptors (Lipinski definition) is 4. The van der Waals surface area contributed by atoms with Crippen molar-refractivity contribution in [3.05, 3.63) is 22.2 Å². The molecule has 5 nitrogen and oxygen atoms in total. The quantitative estimate of drug-likeness (QED) is 0.885. The molecule has 0 bridgehead atoms. The van der Waals surface area contributed by atoms with Gasteiger partial charge in [0, 0.05) is 17.8 Å². The fourth-order valence-electron chi connectivity index (χ4n) is 2.17. The lowest BCUT2D eigenvalue weighted by Gasteiger charge is -2.08. The minimum Gasteiger partial charge on any atom is -0.399 e. The minimum absolute atomic E-state index is 0.408. The topological polar surface area (TPSA) is 69.6 Å². The maximum atomic E-state index is 6.21. The van der Waals surface area contributed by atoms with E-state index in [9.17, 15) is 0 Å². The van der Waals surface area contributed by atoms with Crippen LogP contribution in [0.1, 0.15) is 13.3 Å². The molecule has 1 aliphatic carbocycles. The van der Waals surface area contributed by atoms with Crippen LogP contribution < -0.4 is 5.73 Å². The molecular weight excluding hydrogens is 285 g/mol. The number of anilines is 1. The third-order valence-corrected chi connectivity index (χ3v) is 4.31. The van der Waals surface area contributed by atoms with Gasteiger partial charge in [-0.1, -0.05) is 30.1 Å². The summed E-state index contributed by atoms with van der Waals surface area (Å²) >= 11 is 12.3. The van der Waals surface area contributed by atoms with Crippen LogP contribution in [0.3, 0.4) is 0 Å². The maximum Gasteiger partial charge on any atom is 0.183 e. The van der Waals surface area contributed by atoms with Gasteiger partial charge >= 0.3 is 0 Å². The Bertz CT molecular complexity index is 625. The van der Waals surface area contributed by atoms with Gasteiger partial charge in [-0.15, -0.1) is 5.10 Å². The summed E-state index contributed by atoms with van der Waals surface area (Å²) in [4.78, 5) is 0. The number of rotatable bonds is 3. The molecule has 0 saturated heterocycles. The highest BCUT2D eigenvalue weighted by atomic mass is 35.5. The predicted octanol–water partition coefficient (Wildman–Crippen LogP) is 2.89. The van der Waals surface area contributed by atoms with Crippen LogP contribution in [0.4, 0.5) is 5.69 Å². The number of nitrogens with two attached hydrogens (primary N) is 1. The monoisotopic (exact) mass is 297 g/mol. The van der Waals surface area contributed by atoms with E-state index in [-0.39, 0.29) is 0 Å². The average molecular weight is 298 g/mol. The standard InChI is InChI=1S/C12H13Cl2N5/c1-6-2-7(6)5-19-12(16-17-18-19)9-3-8(15)4-10(13)11(9)14/h3-4,6-7H,2,5,15H2,1H3. The minimum atomic E-state index is 0.408. The lowest BCUT2D eigenvalue weighted by Crippen LogP contribution is -2.06. The van der Waals surface area contributed by atoms with Crippen molar-refractivity contribution >= 4 is 28.9 Å². The Morgan fingerprint density at radius 1 is 1.42 bits per heavy atom. The van der Waals surface area contributed by atoms with Gasteiger partial charge in [0.1, 0.15) is 0 Å². The highest BCUT2D eigenvalue weighted by Crippen LogP contribution is 2.40. The summed E-state index contributed by atoms with van der Waals surface area (Å²) in [5, 5.41) is 12.6. The van der Waals surface area contributed by atoms with Crippen molar-refractivity contribution in [2.45, 2.75) is 19.9 Å². The zero-order valence-electron chi connectivity index (χ0n) is 10.3. The van der Waals surface area contributed by atoms with E-state index in [2.05, 4.69) is 22.4 Å². The van der Waals surface area contributed by atoms with Crippen LogP contribution in [0.2, 0.25) is 10.0 Å². The van der Waals surface area contributed by atoms with Gasteiger partial charge in [-0.25, -0.2) is 4.68 Å². The number of nitrogen functional groups attached to an aromatic ring is 1. The Labute approximate surface area is 120 Å². The normalized spacial score (nSPS) is 21.6.